The number of nitrogens with one attached hydrogen (secondary N) is 2. The summed E-state index contributed by atoms with van der Waals surface area (Å²) in [7, 11) is 1.80. The largest absolute Gasteiger partial charge is 0.381 e. The van der Waals surface area contributed by atoms with Crippen LogP contribution in [0.3, 0.4) is 0 Å². The summed E-state index contributed by atoms with van der Waals surface area (Å²) in [6.07, 6.45) is 2.70. The molecule has 0 radical (unpaired) electrons. The molecule has 3 atom stereocenters. The third-order valence-electron chi connectivity index (χ3n) is 5.74. The van der Waals surface area contributed by atoms with Gasteiger partial charge in [0.2, 0.25) is 0 Å². The number of hydrogen-bond donors (Lipinski definition) is 2. The Balaban J connectivity index is 1.30. The molecule has 2 aliphatic rings. The average Bonchev–Trinajstić information content (AvgIpc) is 3.26. The summed E-state index contributed by atoms with van der Waals surface area (Å²) in [5.41, 5.74) is 2.59. The molecule has 3 unspecified atom stereocenters. The molecule has 0 spiro atoms. The number of nitrogens with zero attached hydrogens (tertiary/aromatic N) is 2. The Kier molecular flexibility index (Phi) is 10.1. The highest BCUT2D eigenvalue weighted by molar-refractivity contribution is 5.79. The first-order valence-corrected chi connectivity index (χ1v) is 11.7. The van der Waals surface area contributed by atoms with Crippen molar-refractivity contribution in [3.8, 4) is 0 Å². The molecule has 31 heavy (non-hydrogen) atoms. The molecule has 2 saturated heterocycles. The SMILES string of the molecule is CN=C(NCCCOCC1CCOC1)NCc1ccc(CN2CC(C)OC(C)C2)cc1. The van der Waals surface area contributed by atoms with E-state index in [1.165, 1.54) is 11.1 Å². The summed E-state index contributed by atoms with van der Waals surface area (Å²) in [5, 5.41) is 6.75. The van der Waals surface area contributed by atoms with Gasteiger partial charge in [-0.05, 0) is 37.8 Å². The van der Waals surface area contributed by atoms with Gasteiger partial charge in [0.25, 0.3) is 0 Å². The van der Waals surface area contributed by atoms with Crippen LogP contribution in [0.5, 0.6) is 0 Å². The molecule has 0 saturated carbocycles. The van der Waals surface area contributed by atoms with Crippen LogP contribution in [-0.4, -0.2) is 76.2 Å². The second kappa shape index (κ2) is 13.0. The van der Waals surface area contributed by atoms with Gasteiger partial charge < -0.3 is 24.8 Å². The van der Waals surface area contributed by atoms with E-state index < -0.39 is 0 Å². The molecule has 2 fully saturated rings. The zero-order chi connectivity index (χ0) is 21.9. The van der Waals surface area contributed by atoms with E-state index in [9.17, 15) is 0 Å². The van der Waals surface area contributed by atoms with Crippen molar-refractivity contribution in [1.82, 2.24) is 15.5 Å². The molecule has 1 aromatic rings. The third-order valence-corrected chi connectivity index (χ3v) is 5.74. The number of morpholine rings is 1. The molecule has 2 heterocycles. The van der Waals surface area contributed by atoms with Crippen molar-refractivity contribution in [1.29, 1.82) is 0 Å². The molecule has 7 heteroatoms. The normalized spacial score (nSPS) is 25.0. The molecule has 0 aromatic heterocycles. The molecule has 0 bridgehead atoms. The molecule has 2 aliphatic heterocycles. The highest BCUT2D eigenvalue weighted by Gasteiger charge is 2.22. The van der Waals surface area contributed by atoms with Gasteiger partial charge >= 0.3 is 0 Å². The number of ether oxygens (including phenoxy) is 3. The molecule has 174 valence electrons. The Labute approximate surface area is 187 Å². The Hall–Kier alpha value is -1.67. The zero-order valence-electron chi connectivity index (χ0n) is 19.4. The van der Waals surface area contributed by atoms with Crippen LogP contribution in [0, 0.1) is 5.92 Å². The van der Waals surface area contributed by atoms with Crippen molar-refractivity contribution in [2.75, 3.05) is 53.1 Å². The van der Waals surface area contributed by atoms with Crippen LogP contribution in [0.4, 0.5) is 0 Å². The van der Waals surface area contributed by atoms with Crippen LogP contribution < -0.4 is 10.6 Å². The maximum atomic E-state index is 5.83. The van der Waals surface area contributed by atoms with Gasteiger partial charge in [-0.25, -0.2) is 0 Å². The number of hydrogen-bond acceptors (Lipinski definition) is 5. The highest BCUT2D eigenvalue weighted by atomic mass is 16.5. The fourth-order valence-corrected chi connectivity index (χ4v) is 4.19. The van der Waals surface area contributed by atoms with E-state index in [0.717, 1.165) is 78.0 Å². The first-order valence-electron chi connectivity index (χ1n) is 11.7. The van der Waals surface area contributed by atoms with Crippen molar-refractivity contribution < 1.29 is 14.2 Å². The topological polar surface area (TPSA) is 67.4 Å². The monoisotopic (exact) mass is 432 g/mol. The van der Waals surface area contributed by atoms with E-state index in [-0.39, 0.29) is 0 Å². The van der Waals surface area contributed by atoms with Crippen LogP contribution in [0.2, 0.25) is 0 Å². The second-order valence-electron chi connectivity index (χ2n) is 8.78. The van der Waals surface area contributed by atoms with Crippen LogP contribution in [0.15, 0.2) is 29.3 Å². The van der Waals surface area contributed by atoms with Gasteiger partial charge in [0.05, 0.1) is 25.4 Å². The van der Waals surface area contributed by atoms with Gasteiger partial charge in [-0.3, -0.25) is 9.89 Å². The maximum Gasteiger partial charge on any atom is 0.191 e. The lowest BCUT2D eigenvalue weighted by atomic mass is 10.1. The van der Waals surface area contributed by atoms with Gasteiger partial charge in [-0.15, -0.1) is 0 Å². The van der Waals surface area contributed by atoms with Crippen LogP contribution in [0.1, 0.15) is 37.8 Å². The Morgan fingerprint density at radius 3 is 2.55 bits per heavy atom. The number of guanidine groups is 1. The Morgan fingerprint density at radius 2 is 1.87 bits per heavy atom. The summed E-state index contributed by atoms with van der Waals surface area (Å²) in [5.74, 6) is 1.40. The van der Waals surface area contributed by atoms with Gasteiger partial charge in [0.1, 0.15) is 0 Å². The average molecular weight is 433 g/mol. The molecular formula is C24H40N4O3. The summed E-state index contributed by atoms with van der Waals surface area (Å²) in [6.45, 7) is 12.2. The molecular weight excluding hydrogens is 392 g/mol. The third kappa shape index (κ3) is 8.77. The van der Waals surface area contributed by atoms with E-state index in [4.69, 9.17) is 14.2 Å². The van der Waals surface area contributed by atoms with Crippen molar-refractivity contribution in [2.45, 2.75) is 52.0 Å². The second-order valence-corrected chi connectivity index (χ2v) is 8.78. The molecule has 3 rings (SSSR count). The first-order chi connectivity index (χ1) is 15.1. The highest BCUT2D eigenvalue weighted by Crippen LogP contribution is 2.15. The Bertz CT molecular complexity index is 651. The lowest BCUT2D eigenvalue weighted by Gasteiger charge is -2.35. The maximum absolute atomic E-state index is 5.83. The summed E-state index contributed by atoms with van der Waals surface area (Å²) in [4.78, 5) is 6.79. The lowest BCUT2D eigenvalue weighted by Crippen LogP contribution is -2.44. The van der Waals surface area contributed by atoms with Crippen molar-refractivity contribution >= 4 is 5.96 Å². The first kappa shape index (κ1) is 24.0. The van der Waals surface area contributed by atoms with Crippen molar-refractivity contribution in [3.63, 3.8) is 0 Å². The van der Waals surface area contributed by atoms with Crippen LogP contribution >= 0.6 is 0 Å². The van der Waals surface area contributed by atoms with Crippen LogP contribution in [-0.2, 0) is 27.3 Å². The van der Waals surface area contributed by atoms with Crippen molar-refractivity contribution in [3.05, 3.63) is 35.4 Å². The minimum atomic E-state index is 0.305. The zero-order valence-corrected chi connectivity index (χ0v) is 19.4. The van der Waals surface area contributed by atoms with E-state index >= 15 is 0 Å². The quantitative estimate of drug-likeness (QED) is 0.336. The minimum absolute atomic E-state index is 0.305. The fraction of sp³-hybridized carbons (Fsp3) is 0.708. The van der Waals surface area contributed by atoms with Crippen molar-refractivity contribution in [2.24, 2.45) is 10.9 Å². The van der Waals surface area contributed by atoms with E-state index in [1.807, 2.05) is 0 Å². The predicted molar refractivity (Wildman–Crippen MR) is 124 cm³/mol. The van der Waals surface area contributed by atoms with Gasteiger partial charge in [-0.1, -0.05) is 24.3 Å². The Morgan fingerprint density at radius 1 is 1.13 bits per heavy atom. The van der Waals surface area contributed by atoms with E-state index in [0.29, 0.717) is 18.1 Å². The van der Waals surface area contributed by atoms with Gasteiger partial charge in [0.15, 0.2) is 5.96 Å². The lowest BCUT2D eigenvalue weighted by molar-refractivity contribution is -0.0704. The minimum Gasteiger partial charge on any atom is -0.381 e. The fourth-order valence-electron chi connectivity index (χ4n) is 4.19. The molecule has 0 aliphatic carbocycles. The van der Waals surface area contributed by atoms with Crippen LogP contribution in [0.25, 0.3) is 0 Å². The molecule has 2 N–H and O–H groups in total. The summed E-state index contributed by atoms with van der Waals surface area (Å²) < 4.78 is 16.9. The number of benzene rings is 1. The van der Waals surface area contributed by atoms with E-state index in [2.05, 4.69) is 58.6 Å². The number of rotatable bonds is 10. The molecule has 7 nitrogen and oxygen atoms in total. The smallest absolute Gasteiger partial charge is 0.191 e. The molecule has 1 aromatic carbocycles. The van der Waals surface area contributed by atoms with E-state index in [1.54, 1.807) is 7.05 Å². The summed E-state index contributed by atoms with van der Waals surface area (Å²) >= 11 is 0. The standard InChI is InChI=1S/C24H40N4O3/c1-19-14-28(15-20(2)31-19)16-22-7-5-21(6-8-22)13-27-24(25-3)26-10-4-11-29-17-23-9-12-30-18-23/h5-8,19-20,23H,4,9-18H2,1-3H3,(H2,25,26,27). The summed E-state index contributed by atoms with van der Waals surface area (Å²) in [6, 6.07) is 8.85. The predicted octanol–water partition coefficient (Wildman–Crippen LogP) is 2.40. The number of aliphatic imine (C=N–C) groups is 1. The molecule has 0 amide bonds. The van der Waals surface area contributed by atoms with Gasteiger partial charge in [0, 0.05) is 58.9 Å². The van der Waals surface area contributed by atoms with Gasteiger partial charge in [-0.2, -0.15) is 0 Å².